The summed E-state index contributed by atoms with van der Waals surface area (Å²) in [5.41, 5.74) is 1.15. The van der Waals surface area contributed by atoms with Gasteiger partial charge in [-0.25, -0.2) is 9.18 Å². The summed E-state index contributed by atoms with van der Waals surface area (Å²) < 4.78 is 13.6. The molecule has 2 N–H and O–H groups in total. The smallest absolute Gasteiger partial charge is 0.338 e. The number of hydrogen-bond acceptors (Lipinski definition) is 2. The van der Waals surface area contributed by atoms with Crippen molar-refractivity contribution in [2.24, 2.45) is 0 Å². The quantitative estimate of drug-likeness (QED) is 0.789. The molecule has 0 aromatic heterocycles. The van der Waals surface area contributed by atoms with E-state index in [9.17, 15) is 9.18 Å². The van der Waals surface area contributed by atoms with Gasteiger partial charge in [0.05, 0.1) is 11.1 Å². The number of rotatable bonds is 5. The van der Waals surface area contributed by atoms with E-state index in [1.165, 1.54) is 17.7 Å². The molecule has 0 amide bonds. The van der Waals surface area contributed by atoms with Crippen molar-refractivity contribution in [3.05, 3.63) is 41.2 Å². The summed E-state index contributed by atoms with van der Waals surface area (Å²) >= 11 is 0. The largest absolute Gasteiger partial charge is 0.478 e. The van der Waals surface area contributed by atoms with Gasteiger partial charge in [0.25, 0.3) is 0 Å². The van der Waals surface area contributed by atoms with Crippen LogP contribution in [0, 0.1) is 5.82 Å². The van der Waals surface area contributed by atoms with Gasteiger partial charge in [-0.15, -0.1) is 0 Å². The van der Waals surface area contributed by atoms with Crippen molar-refractivity contribution in [1.29, 1.82) is 0 Å². The molecule has 104 valence electrons. The first-order valence-electron chi connectivity index (χ1n) is 6.28. The zero-order valence-electron chi connectivity index (χ0n) is 11.7. The standard InChI is InChI=1S/C15H20FNO2/c1-5-10(6-2)15(3,4)17-11-7-8-12(14(18)19)13(16)9-11/h5,7-9,17H,6H2,1-4H3,(H,18,19). The first-order valence-corrected chi connectivity index (χ1v) is 6.28. The van der Waals surface area contributed by atoms with Crippen molar-refractivity contribution < 1.29 is 14.3 Å². The summed E-state index contributed by atoms with van der Waals surface area (Å²) in [4.78, 5) is 10.7. The van der Waals surface area contributed by atoms with E-state index in [-0.39, 0.29) is 11.1 Å². The molecule has 0 aliphatic carbocycles. The number of aromatic carboxylic acids is 1. The van der Waals surface area contributed by atoms with Crippen LogP contribution in [0.3, 0.4) is 0 Å². The van der Waals surface area contributed by atoms with Gasteiger partial charge >= 0.3 is 5.97 Å². The van der Waals surface area contributed by atoms with E-state index in [4.69, 9.17) is 5.11 Å². The van der Waals surface area contributed by atoms with E-state index < -0.39 is 11.8 Å². The Hall–Kier alpha value is -1.84. The Morgan fingerprint density at radius 3 is 2.53 bits per heavy atom. The number of carboxylic acid groups (broad SMARTS) is 1. The number of halogens is 1. The van der Waals surface area contributed by atoms with Crippen molar-refractivity contribution in [3.63, 3.8) is 0 Å². The zero-order valence-corrected chi connectivity index (χ0v) is 11.7. The summed E-state index contributed by atoms with van der Waals surface area (Å²) in [7, 11) is 0. The Morgan fingerprint density at radius 1 is 1.47 bits per heavy atom. The third kappa shape index (κ3) is 3.56. The van der Waals surface area contributed by atoms with Crippen LogP contribution in [0.2, 0.25) is 0 Å². The summed E-state index contributed by atoms with van der Waals surface area (Å²) in [5.74, 6) is -1.99. The number of hydrogen-bond donors (Lipinski definition) is 2. The van der Waals surface area contributed by atoms with Crippen molar-refractivity contribution in [1.82, 2.24) is 0 Å². The molecule has 0 aliphatic rings. The third-order valence-corrected chi connectivity index (χ3v) is 3.19. The molecule has 0 spiro atoms. The minimum Gasteiger partial charge on any atom is -0.478 e. The molecule has 3 nitrogen and oxygen atoms in total. The molecule has 0 bridgehead atoms. The fourth-order valence-electron chi connectivity index (χ4n) is 2.21. The topological polar surface area (TPSA) is 49.3 Å². The molecule has 0 unspecified atom stereocenters. The number of carboxylic acids is 1. The Kier molecular flexibility index (Phi) is 4.70. The average Bonchev–Trinajstić information content (AvgIpc) is 2.28. The lowest BCUT2D eigenvalue weighted by Gasteiger charge is -2.30. The second-order valence-electron chi connectivity index (χ2n) is 4.92. The van der Waals surface area contributed by atoms with Crippen LogP contribution in [0.1, 0.15) is 44.5 Å². The lowest BCUT2D eigenvalue weighted by Crippen LogP contribution is -2.33. The molecule has 0 saturated heterocycles. The van der Waals surface area contributed by atoms with E-state index in [0.29, 0.717) is 5.69 Å². The van der Waals surface area contributed by atoms with Gasteiger partial charge in [-0.1, -0.05) is 18.6 Å². The van der Waals surface area contributed by atoms with Gasteiger partial charge in [-0.05, 0) is 45.4 Å². The first-order chi connectivity index (χ1) is 8.81. The van der Waals surface area contributed by atoms with Crippen molar-refractivity contribution in [2.45, 2.75) is 39.7 Å². The minimum absolute atomic E-state index is 0.305. The van der Waals surface area contributed by atoms with Crippen molar-refractivity contribution in [3.8, 4) is 0 Å². The number of benzene rings is 1. The van der Waals surface area contributed by atoms with Gasteiger partial charge < -0.3 is 10.4 Å². The lowest BCUT2D eigenvalue weighted by atomic mass is 9.91. The predicted molar refractivity (Wildman–Crippen MR) is 75.1 cm³/mol. The van der Waals surface area contributed by atoms with Crippen LogP contribution in [0.25, 0.3) is 0 Å². The van der Waals surface area contributed by atoms with Gasteiger partial charge in [0.15, 0.2) is 0 Å². The van der Waals surface area contributed by atoms with E-state index in [2.05, 4.69) is 12.2 Å². The Balaban J connectivity index is 3.01. The molecular formula is C15H20FNO2. The number of allylic oxidation sites excluding steroid dienone is 1. The lowest BCUT2D eigenvalue weighted by molar-refractivity contribution is 0.0692. The number of carbonyl (C=O) groups is 1. The van der Waals surface area contributed by atoms with E-state index in [1.54, 1.807) is 6.07 Å². The molecule has 1 aromatic rings. The summed E-state index contributed by atoms with van der Waals surface area (Å²) in [6.45, 7) is 8.05. The molecular weight excluding hydrogens is 245 g/mol. The van der Waals surface area contributed by atoms with Gasteiger partial charge in [-0.2, -0.15) is 0 Å². The molecule has 1 rings (SSSR count). The minimum atomic E-state index is -1.26. The van der Waals surface area contributed by atoms with Crippen LogP contribution >= 0.6 is 0 Å². The van der Waals surface area contributed by atoms with Crippen LogP contribution in [0.5, 0.6) is 0 Å². The highest BCUT2D eigenvalue weighted by Crippen LogP contribution is 2.25. The van der Waals surface area contributed by atoms with Gasteiger partial charge in [0.2, 0.25) is 0 Å². The molecule has 1 aromatic carbocycles. The van der Waals surface area contributed by atoms with Crippen LogP contribution in [0.4, 0.5) is 10.1 Å². The van der Waals surface area contributed by atoms with Crippen molar-refractivity contribution >= 4 is 11.7 Å². The SMILES string of the molecule is CC=C(CC)C(C)(C)Nc1ccc(C(=O)O)c(F)c1. The fourth-order valence-corrected chi connectivity index (χ4v) is 2.21. The van der Waals surface area contributed by atoms with E-state index in [1.807, 2.05) is 26.8 Å². The number of nitrogens with one attached hydrogen (secondary N) is 1. The van der Waals surface area contributed by atoms with Gasteiger partial charge in [0, 0.05) is 5.69 Å². The van der Waals surface area contributed by atoms with Crippen molar-refractivity contribution in [2.75, 3.05) is 5.32 Å². The normalized spacial score (nSPS) is 12.4. The van der Waals surface area contributed by atoms with Gasteiger partial charge in [-0.3, -0.25) is 0 Å². The molecule has 0 radical (unpaired) electrons. The molecule has 19 heavy (non-hydrogen) atoms. The second kappa shape index (κ2) is 5.87. The molecule has 0 saturated carbocycles. The van der Waals surface area contributed by atoms with Crippen LogP contribution < -0.4 is 5.32 Å². The van der Waals surface area contributed by atoms with Gasteiger partial charge in [0.1, 0.15) is 5.82 Å². The molecule has 0 fully saturated rings. The second-order valence-corrected chi connectivity index (χ2v) is 4.92. The summed E-state index contributed by atoms with van der Waals surface area (Å²) in [5, 5.41) is 12.0. The molecule has 0 atom stereocenters. The fraction of sp³-hybridized carbons (Fsp3) is 0.400. The Bertz CT molecular complexity index is 507. The Labute approximate surface area is 113 Å². The molecule has 0 heterocycles. The number of anilines is 1. The highest BCUT2D eigenvalue weighted by Gasteiger charge is 2.21. The maximum Gasteiger partial charge on any atom is 0.338 e. The highest BCUT2D eigenvalue weighted by molar-refractivity contribution is 5.88. The zero-order chi connectivity index (χ0) is 14.6. The summed E-state index contributed by atoms with van der Waals surface area (Å²) in [6.07, 6.45) is 2.93. The van der Waals surface area contributed by atoms with Crippen LogP contribution in [0.15, 0.2) is 29.8 Å². The average molecular weight is 265 g/mol. The maximum absolute atomic E-state index is 13.6. The molecule has 4 heteroatoms. The highest BCUT2D eigenvalue weighted by atomic mass is 19.1. The Morgan fingerprint density at radius 2 is 2.11 bits per heavy atom. The van der Waals surface area contributed by atoms with E-state index >= 15 is 0 Å². The molecule has 0 aliphatic heterocycles. The van der Waals surface area contributed by atoms with Crippen LogP contribution in [-0.4, -0.2) is 16.6 Å². The first kappa shape index (κ1) is 15.2. The van der Waals surface area contributed by atoms with Crippen LogP contribution in [-0.2, 0) is 0 Å². The monoisotopic (exact) mass is 265 g/mol. The predicted octanol–water partition coefficient (Wildman–Crippen LogP) is 4.07. The maximum atomic E-state index is 13.6. The summed E-state index contributed by atoms with van der Waals surface area (Å²) in [6, 6.07) is 4.07. The van der Waals surface area contributed by atoms with E-state index in [0.717, 1.165) is 6.42 Å². The third-order valence-electron chi connectivity index (χ3n) is 3.19.